The van der Waals surface area contributed by atoms with Gasteiger partial charge in [0.15, 0.2) is 0 Å². The van der Waals surface area contributed by atoms with E-state index >= 15 is 0 Å². The molecule has 1 nitrogen and oxygen atoms in total. The summed E-state index contributed by atoms with van der Waals surface area (Å²) in [6.07, 6.45) is 49.9. The van der Waals surface area contributed by atoms with Crippen molar-refractivity contribution in [3.63, 3.8) is 0 Å². The topological polar surface area (TPSA) is 0 Å². The third-order valence-electron chi connectivity index (χ3n) is 9.73. The summed E-state index contributed by atoms with van der Waals surface area (Å²) in [5.41, 5.74) is 0. The first-order valence-corrected chi connectivity index (χ1v) is 19.9. The first kappa shape index (κ1) is 41.0. The van der Waals surface area contributed by atoms with E-state index in [1.54, 1.807) is 0 Å². The smallest absolute Gasteiger partial charge is 0.0782 e. The van der Waals surface area contributed by atoms with E-state index in [0.29, 0.717) is 0 Å². The Hall–Kier alpha value is -0.0400. The zero-order chi connectivity index (χ0) is 30.0. The highest BCUT2D eigenvalue weighted by molar-refractivity contribution is 4.52. The Balaban J connectivity index is 3.26. The fourth-order valence-electron chi connectivity index (χ4n) is 6.64. The molecule has 0 aliphatic carbocycles. The second-order valence-corrected chi connectivity index (χ2v) is 14.7. The lowest BCUT2D eigenvalue weighted by Gasteiger charge is -2.30. The molecule has 0 saturated heterocycles. The highest BCUT2D eigenvalue weighted by Crippen LogP contribution is 2.16. The third-order valence-corrected chi connectivity index (χ3v) is 9.73. The Morgan fingerprint density at radius 1 is 0.220 bits per heavy atom. The summed E-state index contributed by atoms with van der Waals surface area (Å²) in [5.74, 6) is 0. The van der Waals surface area contributed by atoms with Crippen molar-refractivity contribution in [2.75, 3.05) is 27.2 Å². The van der Waals surface area contributed by atoms with E-state index in [-0.39, 0.29) is 0 Å². The maximum atomic E-state index is 2.47. The summed E-state index contributed by atoms with van der Waals surface area (Å²) >= 11 is 0. The van der Waals surface area contributed by atoms with E-state index < -0.39 is 0 Å². The first-order valence-electron chi connectivity index (χ1n) is 19.9. The van der Waals surface area contributed by atoms with Crippen LogP contribution in [0.5, 0.6) is 0 Å². The monoisotopic (exact) mass is 579 g/mol. The minimum absolute atomic E-state index is 1.25. The van der Waals surface area contributed by atoms with Crippen molar-refractivity contribution in [1.82, 2.24) is 0 Å². The molecule has 0 aliphatic heterocycles. The van der Waals surface area contributed by atoms with Crippen molar-refractivity contribution in [2.45, 2.75) is 232 Å². The molecular formula is C40H84N+. The number of hydrogen-bond acceptors (Lipinski definition) is 0. The SMILES string of the molecule is CCCCCCCCCCCCCCCCCCC[N+](C)(C)CCCCCCCCCCCCCCCCCCC. The highest BCUT2D eigenvalue weighted by atomic mass is 15.3. The van der Waals surface area contributed by atoms with Gasteiger partial charge in [0, 0.05) is 0 Å². The molecule has 0 aromatic carbocycles. The van der Waals surface area contributed by atoms with Crippen LogP contribution in [0, 0.1) is 0 Å². The average molecular weight is 579 g/mol. The molecule has 0 radical (unpaired) electrons. The third kappa shape index (κ3) is 36.1. The summed E-state index contributed by atoms with van der Waals surface area (Å²) < 4.78 is 1.25. The van der Waals surface area contributed by atoms with Gasteiger partial charge < -0.3 is 4.48 Å². The van der Waals surface area contributed by atoms with E-state index in [0.717, 1.165) is 0 Å². The normalized spacial score (nSPS) is 12.0. The quantitative estimate of drug-likeness (QED) is 0.0512. The van der Waals surface area contributed by atoms with Crippen molar-refractivity contribution in [3.05, 3.63) is 0 Å². The van der Waals surface area contributed by atoms with Gasteiger partial charge in [0.2, 0.25) is 0 Å². The van der Waals surface area contributed by atoms with Crippen LogP contribution in [-0.2, 0) is 0 Å². The molecule has 41 heavy (non-hydrogen) atoms. The van der Waals surface area contributed by atoms with Crippen molar-refractivity contribution in [3.8, 4) is 0 Å². The number of unbranched alkanes of at least 4 members (excludes halogenated alkanes) is 32. The van der Waals surface area contributed by atoms with Gasteiger partial charge in [0.1, 0.15) is 0 Å². The maximum absolute atomic E-state index is 2.47. The molecule has 0 heterocycles. The molecule has 0 aromatic heterocycles. The van der Waals surface area contributed by atoms with Crippen LogP contribution < -0.4 is 0 Å². The van der Waals surface area contributed by atoms with Gasteiger partial charge in [-0.3, -0.25) is 0 Å². The second kappa shape index (κ2) is 34.5. The van der Waals surface area contributed by atoms with Gasteiger partial charge in [0.25, 0.3) is 0 Å². The molecule has 0 N–H and O–H groups in total. The Bertz CT molecular complexity index is 416. The van der Waals surface area contributed by atoms with E-state index in [2.05, 4.69) is 27.9 Å². The molecule has 0 saturated carbocycles. The summed E-state index contributed by atoms with van der Waals surface area (Å²) in [5, 5.41) is 0. The van der Waals surface area contributed by atoms with Crippen LogP contribution in [0.1, 0.15) is 232 Å². The van der Waals surface area contributed by atoms with Crippen LogP contribution in [0.2, 0.25) is 0 Å². The molecule has 0 rings (SSSR count). The number of hydrogen-bond donors (Lipinski definition) is 0. The van der Waals surface area contributed by atoms with Crippen LogP contribution in [0.4, 0.5) is 0 Å². The predicted molar refractivity (Wildman–Crippen MR) is 190 cm³/mol. The molecule has 0 aliphatic rings. The maximum Gasteiger partial charge on any atom is 0.0782 e. The number of quaternary nitrogens is 1. The lowest BCUT2D eigenvalue weighted by molar-refractivity contribution is -0.890. The zero-order valence-electron chi connectivity index (χ0n) is 29.9. The molecule has 0 bridgehead atoms. The van der Waals surface area contributed by atoms with Gasteiger partial charge in [-0.1, -0.05) is 206 Å². The van der Waals surface area contributed by atoms with E-state index in [1.807, 2.05) is 0 Å². The van der Waals surface area contributed by atoms with Gasteiger partial charge in [-0.05, 0) is 25.7 Å². The molecule has 0 fully saturated rings. The Labute approximate surface area is 263 Å². The number of nitrogens with zero attached hydrogens (tertiary/aromatic N) is 1. The van der Waals surface area contributed by atoms with Gasteiger partial charge in [-0.2, -0.15) is 0 Å². The molecule has 0 atom stereocenters. The molecular weight excluding hydrogens is 494 g/mol. The van der Waals surface area contributed by atoms with Gasteiger partial charge in [-0.25, -0.2) is 0 Å². The van der Waals surface area contributed by atoms with Crippen LogP contribution in [-0.4, -0.2) is 31.7 Å². The van der Waals surface area contributed by atoms with Crippen LogP contribution in [0.15, 0.2) is 0 Å². The largest absolute Gasteiger partial charge is 0.328 e. The van der Waals surface area contributed by atoms with Gasteiger partial charge in [-0.15, -0.1) is 0 Å². The van der Waals surface area contributed by atoms with Crippen molar-refractivity contribution in [1.29, 1.82) is 0 Å². The first-order chi connectivity index (χ1) is 20.1. The summed E-state index contributed by atoms with van der Waals surface area (Å²) in [7, 11) is 4.94. The Kier molecular flexibility index (Phi) is 34.4. The molecule has 1 heteroatoms. The molecule has 0 unspecified atom stereocenters. The van der Waals surface area contributed by atoms with Gasteiger partial charge >= 0.3 is 0 Å². The fraction of sp³-hybridized carbons (Fsp3) is 1.00. The van der Waals surface area contributed by atoms with Crippen molar-refractivity contribution in [2.24, 2.45) is 0 Å². The lowest BCUT2D eigenvalue weighted by atomic mass is 10.0. The predicted octanol–water partition coefficient (Wildman–Crippen LogP) is 14.4. The Morgan fingerprint density at radius 3 is 0.537 bits per heavy atom. The summed E-state index contributed by atoms with van der Waals surface area (Å²) in [4.78, 5) is 0. The van der Waals surface area contributed by atoms with Crippen LogP contribution in [0.3, 0.4) is 0 Å². The lowest BCUT2D eigenvalue weighted by Crippen LogP contribution is -2.41. The summed E-state index contributed by atoms with van der Waals surface area (Å²) in [6, 6.07) is 0. The molecule has 0 spiro atoms. The molecule has 248 valence electrons. The van der Waals surface area contributed by atoms with Gasteiger partial charge in [0.05, 0.1) is 27.2 Å². The molecule has 0 amide bonds. The fourth-order valence-corrected chi connectivity index (χ4v) is 6.64. The van der Waals surface area contributed by atoms with E-state index in [4.69, 9.17) is 0 Å². The number of rotatable bonds is 36. The highest BCUT2D eigenvalue weighted by Gasteiger charge is 2.13. The van der Waals surface area contributed by atoms with E-state index in [1.165, 1.54) is 236 Å². The second-order valence-electron chi connectivity index (χ2n) is 14.7. The minimum Gasteiger partial charge on any atom is -0.328 e. The Morgan fingerprint density at radius 2 is 0.366 bits per heavy atom. The molecule has 0 aromatic rings. The zero-order valence-corrected chi connectivity index (χ0v) is 29.9. The van der Waals surface area contributed by atoms with E-state index in [9.17, 15) is 0 Å². The minimum atomic E-state index is 1.25. The summed E-state index contributed by atoms with van der Waals surface area (Å²) in [6.45, 7) is 7.39. The van der Waals surface area contributed by atoms with Crippen molar-refractivity contribution >= 4 is 0 Å². The average Bonchev–Trinajstić information content (AvgIpc) is 2.96. The van der Waals surface area contributed by atoms with Crippen LogP contribution >= 0.6 is 0 Å². The standard InChI is InChI=1S/C40H84N/c1-5-7-9-11-13-15-17-19-21-23-25-27-29-31-33-35-37-39-41(3,4)40-38-36-34-32-30-28-26-24-22-20-18-16-14-12-10-8-6-2/h5-40H2,1-4H3/q+1. The van der Waals surface area contributed by atoms with Crippen molar-refractivity contribution < 1.29 is 4.48 Å². The van der Waals surface area contributed by atoms with Crippen LogP contribution in [0.25, 0.3) is 0 Å².